The SMILES string of the molecule is Cc1sc(C(=O)NC(C)(CO)C2CC2)cc1[N+](=O)[O-]. The second-order valence-electron chi connectivity index (χ2n) is 5.11. The fourth-order valence-corrected chi connectivity index (χ4v) is 2.96. The number of nitro groups is 1. The molecule has 19 heavy (non-hydrogen) atoms. The second-order valence-corrected chi connectivity index (χ2v) is 6.37. The van der Waals surface area contributed by atoms with Crippen LogP contribution >= 0.6 is 11.3 Å². The Morgan fingerprint density at radius 1 is 1.68 bits per heavy atom. The van der Waals surface area contributed by atoms with E-state index in [9.17, 15) is 20.0 Å². The summed E-state index contributed by atoms with van der Waals surface area (Å²) in [5, 5.41) is 23.0. The Bertz CT molecular complexity index is 524. The molecule has 0 radical (unpaired) electrons. The summed E-state index contributed by atoms with van der Waals surface area (Å²) in [6, 6.07) is 1.29. The Kier molecular flexibility index (Phi) is 3.60. The first-order chi connectivity index (χ1) is 8.87. The highest BCUT2D eigenvalue weighted by atomic mass is 32.1. The van der Waals surface area contributed by atoms with E-state index in [1.807, 2.05) is 0 Å². The summed E-state index contributed by atoms with van der Waals surface area (Å²) in [5.74, 6) is -0.0675. The van der Waals surface area contributed by atoms with Gasteiger partial charge in [-0.3, -0.25) is 14.9 Å². The Hall–Kier alpha value is -1.47. The van der Waals surface area contributed by atoms with E-state index in [4.69, 9.17) is 0 Å². The smallest absolute Gasteiger partial charge is 0.283 e. The number of nitrogens with zero attached hydrogens (tertiary/aromatic N) is 1. The van der Waals surface area contributed by atoms with E-state index in [0.29, 0.717) is 9.75 Å². The zero-order valence-electron chi connectivity index (χ0n) is 10.8. The van der Waals surface area contributed by atoms with Gasteiger partial charge >= 0.3 is 0 Å². The number of aliphatic hydroxyl groups is 1. The Morgan fingerprint density at radius 3 is 2.74 bits per heavy atom. The van der Waals surface area contributed by atoms with E-state index in [1.165, 1.54) is 6.07 Å². The average molecular weight is 284 g/mol. The summed E-state index contributed by atoms with van der Waals surface area (Å²) < 4.78 is 0. The van der Waals surface area contributed by atoms with Gasteiger partial charge in [0.15, 0.2) is 0 Å². The Balaban J connectivity index is 2.15. The van der Waals surface area contributed by atoms with Crippen LogP contribution in [0.4, 0.5) is 5.69 Å². The molecule has 0 spiro atoms. The lowest BCUT2D eigenvalue weighted by molar-refractivity contribution is -0.385. The van der Waals surface area contributed by atoms with Gasteiger partial charge in [0.05, 0.1) is 26.8 Å². The molecule has 1 atom stereocenters. The fraction of sp³-hybridized carbons (Fsp3) is 0.583. The molecular weight excluding hydrogens is 268 g/mol. The van der Waals surface area contributed by atoms with Crippen molar-refractivity contribution in [2.75, 3.05) is 6.61 Å². The number of amides is 1. The topological polar surface area (TPSA) is 92.5 Å². The van der Waals surface area contributed by atoms with Crippen LogP contribution in [-0.2, 0) is 0 Å². The van der Waals surface area contributed by atoms with Gasteiger partial charge in [0.1, 0.15) is 0 Å². The number of carbonyl (C=O) groups is 1. The molecule has 1 amide bonds. The van der Waals surface area contributed by atoms with E-state index in [0.717, 1.165) is 24.2 Å². The molecule has 0 aliphatic heterocycles. The number of hydrogen-bond acceptors (Lipinski definition) is 5. The Labute approximate surface area is 114 Å². The third kappa shape index (κ3) is 2.76. The fourth-order valence-electron chi connectivity index (χ4n) is 2.08. The molecule has 104 valence electrons. The van der Waals surface area contributed by atoms with Gasteiger partial charge in [0.25, 0.3) is 11.6 Å². The highest BCUT2D eigenvalue weighted by Crippen LogP contribution is 2.39. The van der Waals surface area contributed by atoms with Crippen LogP contribution in [0.5, 0.6) is 0 Å². The summed E-state index contributed by atoms with van der Waals surface area (Å²) in [6.45, 7) is 3.29. The van der Waals surface area contributed by atoms with Crippen molar-refractivity contribution in [2.45, 2.75) is 32.2 Å². The molecular formula is C12H16N2O4S. The molecule has 0 bridgehead atoms. The van der Waals surface area contributed by atoms with Crippen LogP contribution in [0.25, 0.3) is 0 Å². The van der Waals surface area contributed by atoms with Crippen molar-refractivity contribution < 1.29 is 14.8 Å². The van der Waals surface area contributed by atoms with Crippen LogP contribution in [0.15, 0.2) is 6.07 Å². The molecule has 1 heterocycles. The summed E-state index contributed by atoms with van der Waals surface area (Å²) in [4.78, 5) is 23.2. The van der Waals surface area contributed by atoms with Gasteiger partial charge in [0.2, 0.25) is 0 Å². The third-order valence-electron chi connectivity index (χ3n) is 3.52. The maximum Gasteiger partial charge on any atom is 0.283 e. The number of rotatable bonds is 5. The standard InChI is InChI=1S/C12H16N2O4S/c1-7-9(14(17)18)5-10(19-7)11(16)13-12(2,6-15)8-3-4-8/h5,8,15H,3-4,6H2,1-2H3,(H,13,16). The molecule has 2 N–H and O–H groups in total. The van der Waals surface area contributed by atoms with Gasteiger partial charge in [-0.25, -0.2) is 0 Å². The zero-order chi connectivity index (χ0) is 14.2. The lowest BCUT2D eigenvalue weighted by Gasteiger charge is -2.28. The molecule has 1 aromatic rings. The molecule has 1 aromatic heterocycles. The monoisotopic (exact) mass is 284 g/mol. The summed E-state index contributed by atoms with van der Waals surface area (Å²) >= 11 is 1.10. The molecule has 2 rings (SSSR count). The predicted octanol–water partition coefficient (Wildman–Crippen LogP) is 1.86. The molecule has 1 fully saturated rings. The van der Waals surface area contributed by atoms with Crippen LogP contribution in [0.3, 0.4) is 0 Å². The zero-order valence-corrected chi connectivity index (χ0v) is 11.6. The van der Waals surface area contributed by atoms with E-state index in [2.05, 4.69) is 5.32 Å². The normalized spacial score (nSPS) is 17.8. The summed E-state index contributed by atoms with van der Waals surface area (Å²) in [6.07, 6.45) is 1.97. The van der Waals surface area contributed by atoms with Gasteiger partial charge in [-0.15, -0.1) is 11.3 Å². The minimum absolute atomic E-state index is 0.0349. The molecule has 1 unspecified atom stereocenters. The minimum Gasteiger partial charge on any atom is -0.394 e. The van der Waals surface area contributed by atoms with Crippen molar-refractivity contribution in [1.82, 2.24) is 5.32 Å². The van der Waals surface area contributed by atoms with Gasteiger partial charge < -0.3 is 10.4 Å². The van der Waals surface area contributed by atoms with Crippen molar-refractivity contribution in [3.63, 3.8) is 0 Å². The quantitative estimate of drug-likeness (QED) is 0.637. The van der Waals surface area contributed by atoms with Crippen LogP contribution in [0.2, 0.25) is 0 Å². The van der Waals surface area contributed by atoms with E-state index >= 15 is 0 Å². The number of thiophene rings is 1. The maximum absolute atomic E-state index is 12.1. The highest BCUT2D eigenvalue weighted by molar-refractivity contribution is 7.14. The average Bonchev–Trinajstić information content (AvgIpc) is 3.12. The molecule has 6 nitrogen and oxygen atoms in total. The molecule has 7 heteroatoms. The van der Waals surface area contributed by atoms with Crippen LogP contribution < -0.4 is 5.32 Å². The first kappa shape index (κ1) is 14.0. The second kappa shape index (κ2) is 4.90. The van der Waals surface area contributed by atoms with E-state index in [-0.39, 0.29) is 24.1 Å². The Morgan fingerprint density at radius 2 is 2.32 bits per heavy atom. The molecule has 0 aromatic carbocycles. The number of carbonyl (C=O) groups excluding carboxylic acids is 1. The third-order valence-corrected chi connectivity index (χ3v) is 4.56. The van der Waals surface area contributed by atoms with Crippen molar-refractivity contribution in [1.29, 1.82) is 0 Å². The maximum atomic E-state index is 12.1. The molecule has 1 saturated carbocycles. The van der Waals surface area contributed by atoms with Crippen LogP contribution in [0.1, 0.15) is 34.3 Å². The van der Waals surface area contributed by atoms with Gasteiger partial charge in [0, 0.05) is 6.07 Å². The summed E-state index contributed by atoms with van der Waals surface area (Å²) in [5.41, 5.74) is -0.670. The lowest BCUT2D eigenvalue weighted by atomic mass is 9.97. The summed E-state index contributed by atoms with van der Waals surface area (Å²) in [7, 11) is 0. The number of aryl methyl sites for hydroxylation is 1. The first-order valence-corrected chi connectivity index (χ1v) is 6.87. The van der Waals surface area contributed by atoms with E-state index in [1.54, 1.807) is 13.8 Å². The minimum atomic E-state index is -0.635. The van der Waals surface area contributed by atoms with Gasteiger partial charge in [-0.1, -0.05) is 0 Å². The van der Waals surface area contributed by atoms with Crippen LogP contribution in [-0.4, -0.2) is 28.1 Å². The van der Waals surface area contributed by atoms with Crippen molar-refractivity contribution >= 4 is 22.9 Å². The predicted molar refractivity (Wildman–Crippen MR) is 71.4 cm³/mol. The van der Waals surface area contributed by atoms with Crippen molar-refractivity contribution in [2.24, 2.45) is 5.92 Å². The number of nitrogens with one attached hydrogen (secondary N) is 1. The van der Waals surface area contributed by atoms with Crippen LogP contribution in [0, 0.1) is 23.0 Å². The largest absolute Gasteiger partial charge is 0.394 e. The lowest BCUT2D eigenvalue weighted by Crippen LogP contribution is -2.50. The molecule has 1 aliphatic carbocycles. The number of aliphatic hydroxyl groups excluding tert-OH is 1. The van der Waals surface area contributed by atoms with Crippen molar-refractivity contribution in [3.05, 3.63) is 25.9 Å². The number of hydrogen-bond donors (Lipinski definition) is 2. The van der Waals surface area contributed by atoms with Gasteiger partial charge in [-0.05, 0) is 32.6 Å². The molecule has 0 saturated heterocycles. The highest BCUT2D eigenvalue weighted by Gasteiger charge is 2.42. The van der Waals surface area contributed by atoms with Gasteiger partial charge in [-0.2, -0.15) is 0 Å². The van der Waals surface area contributed by atoms with E-state index < -0.39 is 10.5 Å². The van der Waals surface area contributed by atoms with Crippen molar-refractivity contribution in [3.8, 4) is 0 Å². The first-order valence-electron chi connectivity index (χ1n) is 6.05. The molecule has 1 aliphatic rings.